The van der Waals surface area contributed by atoms with Crippen LogP contribution in [0.1, 0.15) is 44.9 Å². The van der Waals surface area contributed by atoms with Gasteiger partial charge in [-0.15, -0.1) is 0 Å². The Morgan fingerprint density at radius 2 is 2.00 bits per heavy atom. The van der Waals surface area contributed by atoms with Gasteiger partial charge in [0.25, 0.3) is 5.91 Å². The number of carboxylic acids is 1. The van der Waals surface area contributed by atoms with Gasteiger partial charge in [0.05, 0.1) is 5.56 Å². The fourth-order valence-corrected chi connectivity index (χ4v) is 3.62. The summed E-state index contributed by atoms with van der Waals surface area (Å²) in [6.45, 7) is 7.00. The van der Waals surface area contributed by atoms with Gasteiger partial charge in [0.1, 0.15) is 5.69 Å². The number of carbonyl (C=O) groups excluding carboxylic acids is 1. The molecule has 1 unspecified atom stereocenters. The molecule has 6 heteroatoms. The third-order valence-electron chi connectivity index (χ3n) is 4.74. The van der Waals surface area contributed by atoms with Crippen LogP contribution < -0.4 is 0 Å². The number of amides is 1. The normalized spacial score (nSPS) is 22.4. The van der Waals surface area contributed by atoms with Crippen molar-refractivity contribution in [3.05, 3.63) is 22.5 Å². The standard InChI is InChI=1S/C15H21N3O3/c1-9-12(10(2)16-13(9)15(20)21)14(19)18-7-6-17-5-3-4-11(17)8-18/h11,16H,3-8H2,1-2H3,(H,20,21). The highest BCUT2D eigenvalue weighted by Gasteiger charge is 2.34. The molecule has 0 aromatic carbocycles. The third-order valence-corrected chi connectivity index (χ3v) is 4.74. The SMILES string of the molecule is Cc1[nH]c(C(=O)O)c(C)c1C(=O)N1CCN2CCCC2C1. The molecule has 0 spiro atoms. The van der Waals surface area contributed by atoms with Gasteiger partial charge in [0.15, 0.2) is 0 Å². The zero-order valence-corrected chi connectivity index (χ0v) is 12.5. The lowest BCUT2D eigenvalue weighted by Gasteiger charge is -2.37. The van der Waals surface area contributed by atoms with Gasteiger partial charge in [-0.05, 0) is 38.8 Å². The number of aromatic nitrogens is 1. The van der Waals surface area contributed by atoms with Gasteiger partial charge < -0.3 is 15.0 Å². The van der Waals surface area contributed by atoms with Crippen LogP contribution in [0.5, 0.6) is 0 Å². The van der Waals surface area contributed by atoms with Crippen molar-refractivity contribution >= 4 is 11.9 Å². The van der Waals surface area contributed by atoms with Crippen molar-refractivity contribution < 1.29 is 14.7 Å². The summed E-state index contributed by atoms with van der Waals surface area (Å²) in [4.78, 5) is 31.1. The highest BCUT2D eigenvalue weighted by molar-refractivity contribution is 6.00. The minimum atomic E-state index is -1.02. The molecule has 1 aromatic heterocycles. The van der Waals surface area contributed by atoms with Gasteiger partial charge in [-0.25, -0.2) is 4.79 Å². The zero-order valence-electron chi connectivity index (χ0n) is 12.5. The summed E-state index contributed by atoms with van der Waals surface area (Å²) >= 11 is 0. The van der Waals surface area contributed by atoms with Crippen LogP contribution in [0.15, 0.2) is 0 Å². The van der Waals surface area contributed by atoms with E-state index in [-0.39, 0.29) is 11.6 Å². The molecule has 0 saturated carbocycles. The molecule has 2 fully saturated rings. The Morgan fingerprint density at radius 3 is 2.67 bits per heavy atom. The van der Waals surface area contributed by atoms with Crippen molar-refractivity contribution in [2.75, 3.05) is 26.2 Å². The van der Waals surface area contributed by atoms with Crippen molar-refractivity contribution in [3.8, 4) is 0 Å². The van der Waals surface area contributed by atoms with Crippen molar-refractivity contribution in [2.24, 2.45) is 0 Å². The maximum atomic E-state index is 12.8. The summed E-state index contributed by atoms with van der Waals surface area (Å²) in [5, 5.41) is 9.16. The van der Waals surface area contributed by atoms with E-state index in [1.54, 1.807) is 13.8 Å². The van der Waals surface area contributed by atoms with Crippen molar-refractivity contribution in [3.63, 3.8) is 0 Å². The summed E-state index contributed by atoms with van der Waals surface area (Å²) in [5.74, 6) is -1.06. The molecule has 1 aromatic rings. The number of carbonyl (C=O) groups is 2. The van der Waals surface area contributed by atoms with Crippen LogP contribution >= 0.6 is 0 Å². The summed E-state index contributed by atoms with van der Waals surface area (Å²) < 4.78 is 0. The topological polar surface area (TPSA) is 76.6 Å². The number of rotatable bonds is 2. The molecular formula is C15H21N3O3. The first-order chi connectivity index (χ1) is 9.99. The second kappa shape index (κ2) is 5.18. The number of aromatic amines is 1. The molecule has 3 heterocycles. The number of hydrogen-bond donors (Lipinski definition) is 2. The number of nitrogens with zero attached hydrogens (tertiary/aromatic N) is 2. The third kappa shape index (κ3) is 2.33. The lowest BCUT2D eigenvalue weighted by Crippen LogP contribution is -2.52. The Balaban J connectivity index is 1.84. The van der Waals surface area contributed by atoms with E-state index in [2.05, 4.69) is 9.88 Å². The van der Waals surface area contributed by atoms with Crippen molar-refractivity contribution in [1.29, 1.82) is 0 Å². The summed E-state index contributed by atoms with van der Waals surface area (Å²) in [7, 11) is 0. The zero-order chi connectivity index (χ0) is 15.1. The Bertz CT molecular complexity index is 593. The van der Waals surface area contributed by atoms with Crippen LogP contribution in [0, 0.1) is 13.8 Å². The number of aryl methyl sites for hydroxylation is 1. The monoisotopic (exact) mass is 291 g/mol. The molecule has 114 valence electrons. The number of hydrogen-bond acceptors (Lipinski definition) is 3. The van der Waals surface area contributed by atoms with Crippen LogP contribution in [-0.4, -0.2) is 64.0 Å². The maximum absolute atomic E-state index is 12.8. The van der Waals surface area contributed by atoms with Gasteiger partial charge in [0.2, 0.25) is 0 Å². The van der Waals surface area contributed by atoms with Gasteiger partial charge in [-0.2, -0.15) is 0 Å². The van der Waals surface area contributed by atoms with E-state index in [1.807, 2.05) is 4.90 Å². The highest BCUT2D eigenvalue weighted by atomic mass is 16.4. The Hall–Kier alpha value is -1.82. The molecule has 1 atom stereocenters. The Labute approximate surface area is 123 Å². The number of nitrogens with one attached hydrogen (secondary N) is 1. The first-order valence-electron chi connectivity index (χ1n) is 7.45. The van der Waals surface area contributed by atoms with Gasteiger partial charge in [0, 0.05) is 31.4 Å². The Kier molecular flexibility index (Phi) is 3.49. The quantitative estimate of drug-likeness (QED) is 0.860. The van der Waals surface area contributed by atoms with Crippen LogP contribution in [0.25, 0.3) is 0 Å². The number of H-pyrrole nitrogens is 1. The predicted molar refractivity (Wildman–Crippen MR) is 77.7 cm³/mol. The first-order valence-corrected chi connectivity index (χ1v) is 7.45. The van der Waals surface area contributed by atoms with Crippen LogP contribution in [0.4, 0.5) is 0 Å². The molecule has 0 radical (unpaired) electrons. The van der Waals surface area contributed by atoms with Crippen LogP contribution in [-0.2, 0) is 0 Å². The molecule has 3 rings (SSSR count). The van der Waals surface area contributed by atoms with E-state index < -0.39 is 5.97 Å². The average molecular weight is 291 g/mol. The van der Waals surface area contributed by atoms with E-state index in [0.29, 0.717) is 22.9 Å². The molecule has 2 aliphatic heterocycles. The second-order valence-corrected chi connectivity index (χ2v) is 6.01. The minimum Gasteiger partial charge on any atom is -0.477 e. The lowest BCUT2D eigenvalue weighted by atomic mass is 10.1. The minimum absolute atomic E-state index is 0.0414. The number of aromatic carboxylic acids is 1. The molecule has 6 nitrogen and oxygen atoms in total. The van der Waals surface area contributed by atoms with Crippen LogP contribution in [0.3, 0.4) is 0 Å². The van der Waals surface area contributed by atoms with Crippen molar-refractivity contribution in [2.45, 2.75) is 32.7 Å². The maximum Gasteiger partial charge on any atom is 0.352 e. The first kappa shape index (κ1) is 14.1. The van der Waals surface area contributed by atoms with Gasteiger partial charge in [-0.1, -0.05) is 0 Å². The average Bonchev–Trinajstić information content (AvgIpc) is 3.01. The van der Waals surface area contributed by atoms with E-state index in [9.17, 15) is 9.59 Å². The Morgan fingerprint density at radius 1 is 1.24 bits per heavy atom. The van der Waals surface area contributed by atoms with E-state index >= 15 is 0 Å². The van der Waals surface area contributed by atoms with Crippen molar-refractivity contribution in [1.82, 2.24) is 14.8 Å². The van der Waals surface area contributed by atoms with Crippen LogP contribution in [0.2, 0.25) is 0 Å². The predicted octanol–water partition coefficient (Wildman–Crippen LogP) is 1.25. The second-order valence-electron chi connectivity index (χ2n) is 6.01. The number of fused-ring (bicyclic) bond motifs is 1. The summed E-state index contributed by atoms with van der Waals surface area (Å²) in [6.07, 6.45) is 2.35. The molecule has 21 heavy (non-hydrogen) atoms. The summed E-state index contributed by atoms with van der Waals surface area (Å²) in [5.41, 5.74) is 1.83. The highest BCUT2D eigenvalue weighted by Crippen LogP contribution is 2.25. The smallest absolute Gasteiger partial charge is 0.352 e. The molecule has 1 amide bonds. The summed E-state index contributed by atoms with van der Waals surface area (Å²) in [6, 6.07) is 0.473. The van der Waals surface area contributed by atoms with Gasteiger partial charge in [-0.3, -0.25) is 9.69 Å². The largest absolute Gasteiger partial charge is 0.477 e. The molecule has 0 bridgehead atoms. The fraction of sp³-hybridized carbons (Fsp3) is 0.600. The number of piperazine rings is 1. The molecule has 2 saturated heterocycles. The molecule has 2 N–H and O–H groups in total. The molecule has 0 aliphatic carbocycles. The molecule has 2 aliphatic rings. The van der Waals surface area contributed by atoms with E-state index in [0.717, 1.165) is 32.6 Å². The number of carboxylic acid groups (broad SMARTS) is 1. The van der Waals surface area contributed by atoms with E-state index in [4.69, 9.17) is 5.11 Å². The fourth-order valence-electron chi connectivity index (χ4n) is 3.62. The van der Waals surface area contributed by atoms with Gasteiger partial charge >= 0.3 is 5.97 Å². The lowest BCUT2D eigenvalue weighted by molar-refractivity contribution is 0.0570. The molecular weight excluding hydrogens is 270 g/mol. The van der Waals surface area contributed by atoms with E-state index in [1.165, 1.54) is 6.42 Å².